The minimum atomic E-state index is -0.597. The second-order valence-electron chi connectivity index (χ2n) is 7.27. The fourth-order valence-electron chi connectivity index (χ4n) is 3.76. The smallest absolute Gasteiger partial charge is 0.326 e. The van der Waals surface area contributed by atoms with Crippen molar-refractivity contribution in [2.75, 3.05) is 13.2 Å². The Labute approximate surface area is 184 Å². The number of carbonyl (C=O) groups is 3. The molecule has 2 amide bonds. The summed E-state index contributed by atoms with van der Waals surface area (Å²) in [4.78, 5) is 37.9. The van der Waals surface area contributed by atoms with E-state index in [2.05, 4.69) is 34.9 Å². The predicted molar refractivity (Wildman–Crippen MR) is 122 cm³/mol. The molecule has 1 saturated heterocycles. The van der Waals surface area contributed by atoms with Gasteiger partial charge in [0.25, 0.3) is 11.1 Å². The molecule has 1 aromatic heterocycles. The first-order valence-corrected chi connectivity index (χ1v) is 10.8. The van der Waals surface area contributed by atoms with E-state index >= 15 is 0 Å². The molecule has 1 fully saturated rings. The molecule has 3 aromatic rings. The van der Waals surface area contributed by atoms with Gasteiger partial charge in [-0.05, 0) is 73.1 Å². The van der Waals surface area contributed by atoms with Gasteiger partial charge in [0, 0.05) is 17.1 Å². The lowest BCUT2D eigenvalue weighted by Crippen LogP contribution is -2.34. The van der Waals surface area contributed by atoms with Crippen molar-refractivity contribution in [3.8, 4) is 5.69 Å². The van der Waals surface area contributed by atoms with Crippen LogP contribution in [-0.2, 0) is 14.3 Å². The number of rotatable bonds is 5. The maximum atomic E-state index is 12.7. The molecule has 0 atom stereocenters. The number of thioether (sulfide) groups is 1. The van der Waals surface area contributed by atoms with Gasteiger partial charge in [-0.3, -0.25) is 19.3 Å². The Hall–Kier alpha value is -3.32. The number of ether oxygens (including phenoxy) is 1. The molecule has 0 spiro atoms. The van der Waals surface area contributed by atoms with Gasteiger partial charge < -0.3 is 9.30 Å². The Morgan fingerprint density at radius 2 is 1.81 bits per heavy atom. The molecule has 0 radical (unpaired) electrons. The first-order valence-electron chi connectivity index (χ1n) is 9.98. The van der Waals surface area contributed by atoms with Gasteiger partial charge >= 0.3 is 5.97 Å². The van der Waals surface area contributed by atoms with Crippen LogP contribution in [0.25, 0.3) is 22.5 Å². The Bertz CT molecular complexity index is 1240. The van der Waals surface area contributed by atoms with E-state index in [4.69, 9.17) is 4.74 Å². The number of hydrogen-bond donors (Lipinski definition) is 0. The summed E-state index contributed by atoms with van der Waals surface area (Å²) in [6.45, 7) is 5.50. The van der Waals surface area contributed by atoms with Gasteiger partial charge in [-0.1, -0.05) is 30.3 Å². The fourth-order valence-corrected chi connectivity index (χ4v) is 4.59. The van der Waals surface area contributed by atoms with Gasteiger partial charge in [0.15, 0.2) is 0 Å². The second kappa shape index (κ2) is 8.43. The summed E-state index contributed by atoms with van der Waals surface area (Å²) in [6.07, 6.45) is 1.72. The molecule has 0 N–H and O–H groups in total. The fraction of sp³-hybridized carbons (Fsp3) is 0.208. The van der Waals surface area contributed by atoms with Crippen LogP contribution >= 0.6 is 11.8 Å². The third-order valence-corrected chi connectivity index (χ3v) is 6.12. The first-order chi connectivity index (χ1) is 14.9. The predicted octanol–water partition coefficient (Wildman–Crippen LogP) is 4.85. The van der Waals surface area contributed by atoms with E-state index < -0.39 is 17.1 Å². The molecule has 158 valence electrons. The zero-order chi connectivity index (χ0) is 22.1. The average Bonchev–Trinajstić information content (AvgIpc) is 3.17. The molecule has 2 aromatic carbocycles. The Kier molecular flexibility index (Phi) is 5.69. The van der Waals surface area contributed by atoms with E-state index in [1.807, 2.05) is 32.0 Å². The van der Waals surface area contributed by atoms with Gasteiger partial charge in [0.05, 0.1) is 11.5 Å². The van der Waals surface area contributed by atoms with Crippen molar-refractivity contribution >= 4 is 45.7 Å². The average molecular weight is 435 g/mol. The van der Waals surface area contributed by atoms with E-state index in [0.717, 1.165) is 44.7 Å². The number of nitrogens with zero attached hydrogens (tertiary/aromatic N) is 2. The summed E-state index contributed by atoms with van der Waals surface area (Å²) in [6, 6.07) is 16.5. The summed E-state index contributed by atoms with van der Waals surface area (Å²) in [7, 11) is 0. The van der Waals surface area contributed by atoms with Crippen LogP contribution in [0.4, 0.5) is 4.79 Å². The van der Waals surface area contributed by atoms with Gasteiger partial charge in [-0.2, -0.15) is 0 Å². The van der Waals surface area contributed by atoms with Gasteiger partial charge in [0.2, 0.25) is 0 Å². The van der Waals surface area contributed by atoms with Crippen molar-refractivity contribution < 1.29 is 19.1 Å². The highest BCUT2D eigenvalue weighted by atomic mass is 32.2. The standard InChI is InChI=1S/C24H22N2O4S/c1-4-30-22(27)14-25-23(28)21(31-24(25)29)13-19-11-15(2)26(16(19)3)20-10-9-17-7-5-6-8-18(17)12-20/h5-13H,4,14H2,1-3H3. The number of amides is 2. The molecule has 4 rings (SSSR count). The lowest BCUT2D eigenvalue weighted by atomic mass is 10.1. The number of carbonyl (C=O) groups excluding carboxylic acids is 3. The molecule has 31 heavy (non-hydrogen) atoms. The van der Waals surface area contributed by atoms with E-state index in [0.29, 0.717) is 4.91 Å². The maximum Gasteiger partial charge on any atom is 0.326 e. The van der Waals surface area contributed by atoms with Crippen molar-refractivity contribution in [1.29, 1.82) is 0 Å². The molecule has 6 nitrogen and oxygen atoms in total. The number of hydrogen-bond acceptors (Lipinski definition) is 5. The topological polar surface area (TPSA) is 68.6 Å². The van der Waals surface area contributed by atoms with Crippen LogP contribution in [0.5, 0.6) is 0 Å². The van der Waals surface area contributed by atoms with E-state index in [-0.39, 0.29) is 13.2 Å². The Balaban J connectivity index is 1.65. The quantitative estimate of drug-likeness (QED) is 0.424. The molecule has 0 unspecified atom stereocenters. The van der Waals surface area contributed by atoms with Crippen molar-refractivity contribution in [3.05, 3.63) is 70.4 Å². The van der Waals surface area contributed by atoms with Crippen molar-refractivity contribution in [3.63, 3.8) is 0 Å². The van der Waals surface area contributed by atoms with Crippen LogP contribution in [0, 0.1) is 13.8 Å². The van der Waals surface area contributed by atoms with Crippen molar-refractivity contribution in [2.24, 2.45) is 0 Å². The summed E-state index contributed by atoms with van der Waals surface area (Å²) in [5, 5.41) is 1.85. The normalized spacial score (nSPS) is 15.3. The highest BCUT2D eigenvalue weighted by Crippen LogP contribution is 2.34. The van der Waals surface area contributed by atoms with Crippen LogP contribution in [-0.4, -0.2) is 39.7 Å². The maximum absolute atomic E-state index is 12.7. The first kappa shape index (κ1) is 20.9. The molecular weight excluding hydrogens is 412 g/mol. The van der Waals surface area contributed by atoms with Crippen LogP contribution in [0.1, 0.15) is 23.9 Å². The molecule has 1 aliphatic rings. The van der Waals surface area contributed by atoms with Crippen molar-refractivity contribution in [2.45, 2.75) is 20.8 Å². The Morgan fingerprint density at radius 1 is 1.06 bits per heavy atom. The molecule has 2 heterocycles. The van der Waals surface area contributed by atoms with Gasteiger partial charge in [-0.25, -0.2) is 0 Å². The van der Waals surface area contributed by atoms with Crippen LogP contribution in [0.2, 0.25) is 0 Å². The summed E-state index contributed by atoms with van der Waals surface area (Å²) >= 11 is 0.840. The SMILES string of the molecule is CCOC(=O)CN1C(=O)SC(=Cc2cc(C)n(-c3ccc4ccccc4c3)c2C)C1=O. The molecule has 0 bridgehead atoms. The van der Waals surface area contributed by atoms with Crippen LogP contribution in [0.15, 0.2) is 53.4 Å². The van der Waals surface area contributed by atoms with Crippen LogP contribution < -0.4 is 0 Å². The molecule has 0 saturated carbocycles. The van der Waals surface area contributed by atoms with Gasteiger partial charge in [0.1, 0.15) is 6.54 Å². The number of aromatic nitrogens is 1. The highest BCUT2D eigenvalue weighted by Gasteiger charge is 2.36. The monoisotopic (exact) mass is 434 g/mol. The zero-order valence-electron chi connectivity index (χ0n) is 17.5. The van der Waals surface area contributed by atoms with Gasteiger partial charge in [-0.15, -0.1) is 0 Å². The number of imide groups is 1. The third-order valence-electron chi connectivity index (χ3n) is 5.21. The largest absolute Gasteiger partial charge is 0.465 e. The minimum absolute atomic E-state index is 0.200. The molecule has 7 heteroatoms. The lowest BCUT2D eigenvalue weighted by Gasteiger charge is -2.11. The third kappa shape index (κ3) is 4.01. The number of benzene rings is 2. The molecular formula is C24H22N2O4S. The number of esters is 1. The number of fused-ring (bicyclic) bond motifs is 1. The Morgan fingerprint density at radius 3 is 2.55 bits per heavy atom. The summed E-state index contributed by atoms with van der Waals surface area (Å²) in [5.74, 6) is -1.07. The zero-order valence-corrected chi connectivity index (χ0v) is 18.4. The van der Waals surface area contributed by atoms with E-state index in [1.54, 1.807) is 13.0 Å². The summed E-state index contributed by atoms with van der Waals surface area (Å²) < 4.78 is 6.98. The van der Waals surface area contributed by atoms with E-state index in [1.165, 1.54) is 5.39 Å². The highest BCUT2D eigenvalue weighted by molar-refractivity contribution is 8.18. The molecule has 0 aliphatic carbocycles. The summed E-state index contributed by atoms with van der Waals surface area (Å²) in [5.41, 5.74) is 3.87. The van der Waals surface area contributed by atoms with Crippen molar-refractivity contribution in [1.82, 2.24) is 9.47 Å². The second-order valence-corrected chi connectivity index (χ2v) is 8.26. The van der Waals surface area contributed by atoms with E-state index in [9.17, 15) is 14.4 Å². The van der Waals surface area contributed by atoms with Crippen LogP contribution in [0.3, 0.4) is 0 Å². The minimum Gasteiger partial charge on any atom is -0.465 e. The molecule has 1 aliphatic heterocycles. The lowest BCUT2D eigenvalue weighted by molar-refractivity contribution is -0.145. The number of aryl methyl sites for hydroxylation is 1.